The fraction of sp³-hybridized carbons (Fsp3) is 0.400. The average molecular weight is 196 g/mol. The van der Waals surface area contributed by atoms with Crippen molar-refractivity contribution < 1.29 is 9.53 Å². The molecule has 4 heteroatoms. The summed E-state index contributed by atoms with van der Waals surface area (Å²) in [6.45, 7) is 4.25. The number of hydrogen-bond acceptors (Lipinski definition) is 4. The van der Waals surface area contributed by atoms with Gasteiger partial charge in [-0.3, -0.25) is 0 Å². The summed E-state index contributed by atoms with van der Waals surface area (Å²) < 4.78 is 4.46. The molecule has 1 heterocycles. The van der Waals surface area contributed by atoms with Crippen molar-refractivity contribution in [2.75, 3.05) is 12.8 Å². The average Bonchev–Trinajstić information content (AvgIpc) is 2.19. The van der Waals surface area contributed by atoms with E-state index in [9.17, 15) is 4.79 Å². The van der Waals surface area contributed by atoms with Gasteiger partial charge in [-0.1, -0.05) is 20.3 Å². The molecule has 0 amide bonds. The normalized spacial score (nSPS) is 8.50. The van der Waals surface area contributed by atoms with Crippen LogP contribution in [0.2, 0.25) is 0 Å². The summed E-state index contributed by atoms with van der Waals surface area (Å²) in [5.41, 5.74) is 5.71. The number of hydrogen-bond donors (Lipinski definition) is 1. The van der Waals surface area contributed by atoms with Gasteiger partial charge in [0.15, 0.2) is 0 Å². The smallest absolute Gasteiger partial charge is 0.339 e. The van der Waals surface area contributed by atoms with Crippen LogP contribution in [0.4, 0.5) is 5.82 Å². The van der Waals surface area contributed by atoms with Gasteiger partial charge >= 0.3 is 5.97 Å². The zero-order chi connectivity index (χ0) is 11.0. The molecular weight excluding hydrogens is 180 g/mol. The molecule has 0 aliphatic rings. The lowest BCUT2D eigenvalue weighted by atomic mass is 10.3. The van der Waals surface area contributed by atoms with Crippen molar-refractivity contribution in [2.45, 2.75) is 20.3 Å². The quantitative estimate of drug-likeness (QED) is 0.696. The van der Waals surface area contributed by atoms with Crippen molar-refractivity contribution in [2.24, 2.45) is 0 Å². The van der Waals surface area contributed by atoms with Crippen molar-refractivity contribution >= 4 is 11.8 Å². The van der Waals surface area contributed by atoms with Crippen LogP contribution in [0, 0.1) is 0 Å². The van der Waals surface area contributed by atoms with Crippen LogP contribution in [0.15, 0.2) is 18.3 Å². The number of anilines is 1. The van der Waals surface area contributed by atoms with Gasteiger partial charge in [-0.25, -0.2) is 9.78 Å². The lowest BCUT2D eigenvalue weighted by Gasteiger charge is -1.97. The summed E-state index contributed by atoms with van der Waals surface area (Å²) in [7, 11) is 1.32. The Hall–Kier alpha value is -1.58. The predicted octanol–water partition coefficient (Wildman–Crippen LogP) is 1.87. The molecule has 0 aliphatic heterocycles. The molecule has 0 bridgehead atoms. The van der Waals surface area contributed by atoms with Gasteiger partial charge in [-0.2, -0.15) is 0 Å². The Morgan fingerprint density at radius 1 is 1.50 bits per heavy atom. The van der Waals surface area contributed by atoms with E-state index in [2.05, 4.69) is 23.6 Å². The minimum atomic E-state index is -0.405. The number of nitrogens with two attached hydrogens (primary N) is 1. The molecule has 0 saturated carbocycles. The second-order valence-electron chi connectivity index (χ2n) is 2.67. The highest BCUT2D eigenvalue weighted by Crippen LogP contribution is 2.01. The maximum atomic E-state index is 10.8. The molecule has 0 aliphatic carbocycles. The molecular formula is C10H16N2O2. The largest absolute Gasteiger partial charge is 0.465 e. The van der Waals surface area contributed by atoms with Gasteiger partial charge in [-0.05, 0) is 12.1 Å². The molecule has 0 saturated heterocycles. The molecule has 0 atom stereocenters. The number of methoxy groups -OCH3 is 1. The Labute approximate surface area is 84.1 Å². The third-order valence-corrected chi connectivity index (χ3v) is 1.21. The number of carbonyl (C=O) groups excluding carboxylic acids is 1. The van der Waals surface area contributed by atoms with E-state index < -0.39 is 5.97 Å². The molecule has 14 heavy (non-hydrogen) atoms. The monoisotopic (exact) mass is 196 g/mol. The van der Waals surface area contributed by atoms with Crippen LogP contribution in [0.5, 0.6) is 0 Å². The van der Waals surface area contributed by atoms with Gasteiger partial charge < -0.3 is 10.5 Å². The molecule has 78 valence electrons. The highest BCUT2D eigenvalue weighted by atomic mass is 16.5. The molecule has 1 aromatic rings. The van der Waals surface area contributed by atoms with Crippen LogP contribution in [0.25, 0.3) is 0 Å². The third kappa shape index (κ3) is 4.45. The first-order chi connectivity index (χ1) is 6.65. The van der Waals surface area contributed by atoms with Crippen LogP contribution >= 0.6 is 0 Å². The summed E-state index contributed by atoms with van der Waals surface area (Å²) in [6, 6.07) is 3.11. The zero-order valence-electron chi connectivity index (χ0n) is 8.78. The lowest BCUT2D eigenvalue weighted by molar-refractivity contribution is 0.0600. The molecule has 0 fully saturated rings. The summed E-state index contributed by atoms with van der Waals surface area (Å²) in [5.74, 6) is -0.0184. The van der Waals surface area contributed by atoms with Gasteiger partial charge in [0.25, 0.3) is 0 Å². The highest BCUT2D eigenvalue weighted by Gasteiger charge is 2.03. The number of aromatic nitrogens is 1. The second kappa shape index (κ2) is 6.88. The minimum absolute atomic E-state index is 0.387. The van der Waals surface area contributed by atoms with Crippen LogP contribution in [0.1, 0.15) is 30.6 Å². The van der Waals surface area contributed by atoms with Crippen molar-refractivity contribution in [1.82, 2.24) is 4.98 Å². The third-order valence-electron chi connectivity index (χ3n) is 1.21. The molecule has 0 aromatic carbocycles. The van der Waals surface area contributed by atoms with Crippen molar-refractivity contribution in [3.05, 3.63) is 23.9 Å². The molecule has 0 radical (unpaired) electrons. The predicted molar refractivity (Wildman–Crippen MR) is 56.0 cm³/mol. The fourth-order valence-corrected chi connectivity index (χ4v) is 0.644. The Bertz CT molecular complexity index is 270. The van der Waals surface area contributed by atoms with E-state index in [-0.39, 0.29) is 0 Å². The standard InChI is InChI=1S/C7H8N2O2.C3H8/c1-11-7(10)5-2-3-6(8)9-4-5;1-3-2/h2-4H,1H3,(H2,8,9);3H2,1-2H3. The van der Waals surface area contributed by atoms with E-state index >= 15 is 0 Å². The van der Waals surface area contributed by atoms with Crippen LogP contribution < -0.4 is 5.73 Å². The number of pyridine rings is 1. The van der Waals surface area contributed by atoms with Crippen LogP contribution in [-0.2, 0) is 4.74 Å². The second-order valence-corrected chi connectivity index (χ2v) is 2.67. The summed E-state index contributed by atoms with van der Waals surface area (Å²) in [5, 5.41) is 0. The van der Waals surface area contributed by atoms with E-state index in [0.29, 0.717) is 11.4 Å². The molecule has 2 N–H and O–H groups in total. The number of nitrogens with zero attached hydrogens (tertiary/aromatic N) is 1. The molecule has 1 rings (SSSR count). The van der Waals surface area contributed by atoms with Gasteiger partial charge in [-0.15, -0.1) is 0 Å². The maximum Gasteiger partial charge on any atom is 0.339 e. The van der Waals surface area contributed by atoms with E-state index in [1.807, 2.05) is 0 Å². The molecule has 0 unspecified atom stereocenters. The van der Waals surface area contributed by atoms with Crippen LogP contribution in [-0.4, -0.2) is 18.1 Å². The number of nitrogen functional groups attached to an aromatic ring is 1. The Morgan fingerprint density at radius 3 is 2.43 bits per heavy atom. The van der Waals surface area contributed by atoms with Gasteiger partial charge in [0.1, 0.15) is 5.82 Å². The van der Waals surface area contributed by atoms with E-state index in [0.717, 1.165) is 0 Å². The number of carbonyl (C=O) groups is 1. The van der Waals surface area contributed by atoms with Crippen molar-refractivity contribution in [3.8, 4) is 0 Å². The van der Waals surface area contributed by atoms with Crippen molar-refractivity contribution in [1.29, 1.82) is 0 Å². The van der Waals surface area contributed by atoms with E-state index in [4.69, 9.17) is 5.73 Å². The number of ether oxygens (including phenoxy) is 1. The lowest BCUT2D eigenvalue weighted by Crippen LogP contribution is -2.02. The first-order valence-electron chi connectivity index (χ1n) is 4.45. The first kappa shape index (κ1) is 12.4. The Balaban J connectivity index is 0.000000500. The maximum absolute atomic E-state index is 10.8. The van der Waals surface area contributed by atoms with Crippen LogP contribution in [0.3, 0.4) is 0 Å². The fourth-order valence-electron chi connectivity index (χ4n) is 0.644. The highest BCUT2D eigenvalue weighted by molar-refractivity contribution is 5.89. The Morgan fingerprint density at radius 2 is 2.07 bits per heavy atom. The van der Waals surface area contributed by atoms with Gasteiger partial charge in [0, 0.05) is 6.20 Å². The molecule has 4 nitrogen and oxygen atoms in total. The minimum Gasteiger partial charge on any atom is -0.465 e. The van der Waals surface area contributed by atoms with E-state index in [1.54, 1.807) is 12.1 Å². The van der Waals surface area contributed by atoms with E-state index in [1.165, 1.54) is 19.7 Å². The first-order valence-corrected chi connectivity index (χ1v) is 4.45. The summed E-state index contributed by atoms with van der Waals surface area (Å²) in [4.78, 5) is 14.5. The topological polar surface area (TPSA) is 65.2 Å². The zero-order valence-corrected chi connectivity index (χ0v) is 8.78. The summed E-state index contributed by atoms with van der Waals surface area (Å²) in [6.07, 6.45) is 2.63. The van der Waals surface area contributed by atoms with Gasteiger partial charge in [0.2, 0.25) is 0 Å². The molecule has 0 spiro atoms. The van der Waals surface area contributed by atoms with Gasteiger partial charge in [0.05, 0.1) is 12.7 Å². The summed E-state index contributed by atoms with van der Waals surface area (Å²) >= 11 is 0. The SMILES string of the molecule is CCC.COC(=O)c1ccc(N)nc1. The molecule has 1 aromatic heterocycles. The Kier molecular flexibility index (Phi) is 6.11. The number of esters is 1. The van der Waals surface area contributed by atoms with Crippen molar-refractivity contribution in [3.63, 3.8) is 0 Å². The number of rotatable bonds is 1.